The maximum atomic E-state index is 11.0. The van der Waals surface area contributed by atoms with Crippen LogP contribution in [0.4, 0.5) is 0 Å². The van der Waals surface area contributed by atoms with Crippen LogP contribution in [-0.2, 0) is 0 Å². The molecule has 0 bridgehead atoms. The first kappa shape index (κ1) is 9.65. The highest BCUT2D eigenvalue weighted by atomic mass is 16.3. The Morgan fingerprint density at radius 3 is 2.71 bits per heavy atom. The molecule has 0 amide bonds. The summed E-state index contributed by atoms with van der Waals surface area (Å²) in [5.74, 6) is 0.448. The largest absolute Gasteiger partial charge is 0.507 e. The Balaban J connectivity index is 2.31. The van der Waals surface area contributed by atoms with Gasteiger partial charge in [0.05, 0.1) is 5.56 Å². The second-order valence-corrected chi connectivity index (χ2v) is 3.71. The van der Waals surface area contributed by atoms with Crippen molar-refractivity contribution in [3.05, 3.63) is 46.9 Å². The number of benzene rings is 2. The Morgan fingerprint density at radius 1 is 1.12 bits per heavy atom. The van der Waals surface area contributed by atoms with Gasteiger partial charge in [0.25, 0.3) is 0 Å². The van der Waals surface area contributed by atoms with E-state index in [1.54, 1.807) is 6.07 Å². The molecule has 3 aromatic rings. The van der Waals surface area contributed by atoms with Gasteiger partial charge in [0.1, 0.15) is 5.75 Å². The van der Waals surface area contributed by atoms with E-state index in [2.05, 4.69) is 15.2 Å². The number of rotatable bonds is 1. The molecule has 0 unspecified atom stereocenters. The van der Waals surface area contributed by atoms with Crippen LogP contribution >= 0.6 is 0 Å². The highest BCUT2D eigenvalue weighted by Gasteiger charge is 2.10. The minimum atomic E-state index is -0.396. The van der Waals surface area contributed by atoms with Crippen molar-refractivity contribution in [3.8, 4) is 17.1 Å². The van der Waals surface area contributed by atoms with Crippen LogP contribution in [0.2, 0.25) is 0 Å². The molecular weight excluding hydrogens is 218 g/mol. The van der Waals surface area contributed by atoms with Crippen LogP contribution in [-0.4, -0.2) is 20.3 Å². The number of nitrogens with zero attached hydrogens (tertiary/aromatic N) is 1. The number of aromatic amines is 2. The van der Waals surface area contributed by atoms with Crippen molar-refractivity contribution in [1.29, 1.82) is 0 Å². The third-order valence-corrected chi connectivity index (χ3v) is 2.66. The van der Waals surface area contributed by atoms with Gasteiger partial charge in [-0.05, 0) is 11.5 Å². The van der Waals surface area contributed by atoms with E-state index in [9.17, 15) is 9.90 Å². The van der Waals surface area contributed by atoms with E-state index in [0.29, 0.717) is 11.4 Å². The van der Waals surface area contributed by atoms with Gasteiger partial charge in [-0.3, -0.25) is 4.98 Å². The topological polar surface area (TPSA) is 81.8 Å². The third kappa shape index (κ3) is 1.48. The summed E-state index contributed by atoms with van der Waals surface area (Å²) in [5, 5.41) is 17.9. The fourth-order valence-electron chi connectivity index (χ4n) is 1.84. The van der Waals surface area contributed by atoms with E-state index >= 15 is 0 Å². The zero-order valence-electron chi connectivity index (χ0n) is 8.77. The second-order valence-electron chi connectivity index (χ2n) is 3.71. The van der Waals surface area contributed by atoms with E-state index in [4.69, 9.17) is 0 Å². The van der Waals surface area contributed by atoms with E-state index in [-0.39, 0.29) is 5.75 Å². The van der Waals surface area contributed by atoms with Gasteiger partial charge in [-0.25, -0.2) is 9.89 Å². The Bertz CT molecular complexity index is 743. The summed E-state index contributed by atoms with van der Waals surface area (Å²) in [7, 11) is 0. The molecule has 5 heteroatoms. The number of phenols is 1. The summed E-state index contributed by atoms with van der Waals surface area (Å²) in [6, 6.07) is 11.1. The van der Waals surface area contributed by atoms with Crippen LogP contribution in [0.5, 0.6) is 5.75 Å². The summed E-state index contributed by atoms with van der Waals surface area (Å²) < 4.78 is 0. The molecule has 0 fully saturated rings. The number of nitrogens with one attached hydrogen (secondary N) is 2. The summed E-state index contributed by atoms with van der Waals surface area (Å²) >= 11 is 0. The molecule has 0 atom stereocenters. The van der Waals surface area contributed by atoms with Gasteiger partial charge in [-0.1, -0.05) is 30.3 Å². The standard InChI is InChI=1S/C12H9N3O2/c16-10-8-4-2-1-3-7(8)5-6-9(10)11-13-12(17)15-14-11/h1-6,16H,(H2,13,14,15,17). The second kappa shape index (κ2) is 3.48. The van der Waals surface area contributed by atoms with Gasteiger partial charge in [0.15, 0.2) is 5.82 Å². The maximum Gasteiger partial charge on any atom is 0.340 e. The molecule has 0 saturated heterocycles. The minimum Gasteiger partial charge on any atom is -0.507 e. The van der Waals surface area contributed by atoms with Gasteiger partial charge >= 0.3 is 5.69 Å². The van der Waals surface area contributed by atoms with E-state index < -0.39 is 5.69 Å². The first-order chi connectivity index (χ1) is 8.25. The molecule has 1 aromatic heterocycles. The first-order valence-electron chi connectivity index (χ1n) is 5.11. The van der Waals surface area contributed by atoms with E-state index in [1.807, 2.05) is 30.3 Å². The van der Waals surface area contributed by atoms with Crippen molar-refractivity contribution in [1.82, 2.24) is 15.2 Å². The first-order valence-corrected chi connectivity index (χ1v) is 5.11. The average molecular weight is 227 g/mol. The predicted octanol–water partition coefficient (Wildman–Crippen LogP) is 1.62. The number of aromatic hydroxyl groups is 1. The van der Waals surface area contributed by atoms with Crippen molar-refractivity contribution >= 4 is 10.8 Å². The molecular formula is C12H9N3O2. The van der Waals surface area contributed by atoms with Crippen molar-refractivity contribution < 1.29 is 5.11 Å². The maximum absolute atomic E-state index is 11.0. The smallest absolute Gasteiger partial charge is 0.340 e. The fraction of sp³-hybridized carbons (Fsp3) is 0. The zero-order valence-corrected chi connectivity index (χ0v) is 8.77. The summed E-state index contributed by atoms with van der Waals surface area (Å²) in [6.07, 6.45) is 0. The molecule has 3 N–H and O–H groups in total. The highest BCUT2D eigenvalue weighted by molar-refractivity contribution is 5.93. The number of H-pyrrole nitrogens is 2. The lowest BCUT2D eigenvalue weighted by Crippen LogP contribution is -2.00. The van der Waals surface area contributed by atoms with Gasteiger partial charge in [0.2, 0.25) is 0 Å². The third-order valence-electron chi connectivity index (χ3n) is 2.66. The van der Waals surface area contributed by atoms with Crippen LogP contribution in [0.25, 0.3) is 22.2 Å². The van der Waals surface area contributed by atoms with Crippen molar-refractivity contribution in [2.45, 2.75) is 0 Å². The summed E-state index contributed by atoms with van der Waals surface area (Å²) in [4.78, 5) is 13.5. The lowest BCUT2D eigenvalue weighted by atomic mass is 10.1. The molecule has 0 aliphatic rings. The monoisotopic (exact) mass is 227 g/mol. The van der Waals surface area contributed by atoms with Crippen molar-refractivity contribution in [2.24, 2.45) is 0 Å². The van der Waals surface area contributed by atoms with Gasteiger partial charge in [0, 0.05) is 5.39 Å². The number of fused-ring (bicyclic) bond motifs is 1. The molecule has 3 rings (SSSR count). The van der Waals surface area contributed by atoms with Gasteiger partial charge in [-0.2, -0.15) is 5.10 Å². The van der Waals surface area contributed by atoms with Crippen LogP contribution < -0.4 is 5.69 Å². The molecule has 1 heterocycles. The van der Waals surface area contributed by atoms with E-state index in [1.165, 1.54) is 0 Å². The normalized spacial score (nSPS) is 10.8. The number of hydrogen-bond donors (Lipinski definition) is 3. The Hall–Kier alpha value is -2.56. The summed E-state index contributed by atoms with van der Waals surface area (Å²) in [6.45, 7) is 0. The molecule has 0 saturated carbocycles. The minimum absolute atomic E-state index is 0.117. The Labute approximate surface area is 95.7 Å². The summed E-state index contributed by atoms with van der Waals surface area (Å²) in [5.41, 5.74) is 0.106. The molecule has 0 aliphatic carbocycles. The fourth-order valence-corrected chi connectivity index (χ4v) is 1.84. The molecule has 2 aromatic carbocycles. The average Bonchev–Trinajstić information content (AvgIpc) is 2.77. The quantitative estimate of drug-likeness (QED) is 0.590. The Kier molecular flexibility index (Phi) is 1.98. The molecule has 0 spiro atoms. The van der Waals surface area contributed by atoms with E-state index in [0.717, 1.165) is 10.8 Å². The van der Waals surface area contributed by atoms with Crippen LogP contribution in [0.1, 0.15) is 0 Å². The molecule has 0 aliphatic heterocycles. The molecule has 84 valence electrons. The highest BCUT2D eigenvalue weighted by Crippen LogP contribution is 2.33. The zero-order chi connectivity index (χ0) is 11.8. The predicted molar refractivity (Wildman–Crippen MR) is 63.8 cm³/mol. The molecule has 0 radical (unpaired) electrons. The van der Waals surface area contributed by atoms with Crippen LogP contribution in [0.15, 0.2) is 41.2 Å². The lowest BCUT2D eigenvalue weighted by molar-refractivity contribution is 0.483. The van der Waals surface area contributed by atoms with Gasteiger partial charge < -0.3 is 5.11 Å². The number of aromatic nitrogens is 3. The molecule has 5 nitrogen and oxygen atoms in total. The van der Waals surface area contributed by atoms with Gasteiger partial charge in [-0.15, -0.1) is 0 Å². The Morgan fingerprint density at radius 2 is 1.94 bits per heavy atom. The lowest BCUT2D eigenvalue weighted by Gasteiger charge is -2.04. The SMILES string of the molecule is O=c1[nH]nc(-c2ccc3ccccc3c2O)[nH]1. The number of hydrogen-bond acceptors (Lipinski definition) is 3. The van der Waals surface area contributed by atoms with Crippen LogP contribution in [0, 0.1) is 0 Å². The van der Waals surface area contributed by atoms with Crippen molar-refractivity contribution in [2.75, 3.05) is 0 Å². The van der Waals surface area contributed by atoms with Crippen molar-refractivity contribution in [3.63, 3.8) is 0 Å². The molecule has 17 heavy (non-hydrogen) atoms. The van der Waals surface area contributed by atoms with Crippen LogP contribution in [0.3, 0.4) is 0 Å². The number of phenolic OH excluding ortho intramolecular Hbond substituents is 1.